The highest BCUT2D eigenvalue weighted by molar-refractivity contribution is 7.89. The molecule has 2 aromatic rings. The molecule has 0 unspecified atom stereocenters. The van der Waals surface area contributed by atoms with E-state index in [1.54, 1.807) is 37.8 Å². The number of carbonyl (C=O) groups is 2. The summed E-state index contributed by atoms with van der Waals surface area (Å²) in [4.78, 5) is 28.4. The van der Waals surface area contributed by atoms with Crippen LogP contribution in [-0.4, -0.2) is 98.2 Å². The summed E-state index contributed by atoms with van der Waals surface area (Å²) < 4.78 is 80.0. The number of hydrogen-bond donors (Lipinski definition) is 1. The molecule has 0 spiro atoms. The van der Waals surface area contributed by atoms with Crippen molar-refractivity contribution in [3.05, 3.63) is 58.1 Å². The number of alkyl halides is 3. The normalized spacial score (nSPS) is 21.0. The topological polar surface area (TPSA) is 132 Å². The zero-order chi connectivity index (χ0) is 35.0. The second kappa shape index (κ2) is 13.7. The lowest BCUT2D eigenvalue weighted by Gasteiger charge is -2.40. The van der Waals surface area contributed by atoms with Crippen molar-refractivity contribution in [2.75, 3.05) is 39.3 Å². The van der Waals surface area contributed by atoms with E-state index >= 15 is 0 Å². The predicted octanol–water partition coefficient (Wildman–Crippen LogP) is 4.64. The van der Waals surface area contributed by atoms with Crippen molar-refractivity contribution in [1.29, 1.82) is 5.26 Å². The molecule has 260 valence electrons. The molecule has 16 heteroatoms. The Morgan fingerprint density at radius 3 is 2.17 bits per heavy atom. The Morgan fingerprint density at radius 2 is 1.60 bits per heavy atom. The van der Waals surface area contributed by atoms with Crippen molar-refractivity contribution in [1.82, 2.24) is 19.4 Å². The molecular weight excluding hydrogens is 675 g/mol. The zero-order valence-electron chi connectivity index (χ0n) is 26.7. The number of nitrogens with one attached hydrogen (secondary N) is 1. The number of nitrogens with zero attached hydrogens (tertiary/aromatic N) is 4. The molecule has 1 N–H and O–H groups in total. The van der Waals surface area contributed by atoms with Crippen LogP contribution in [0.2, 0.25) is 5.02 Å². The second-order valence-corrected chi connectivity index (χ2v) is 15.3. The summed E-state index contributed by atoms with van der Waals surface area (Å²) in [5, 5.41) is 10.1. The summed E-state index contributed by atoms with van der Waals surface area (Å²) >= 11 is 6.34. The van der Waals surface area contributed by atoms with Gasteiger partial charge in [-0.15, -0.1) is 0 Å². The number of piperazine rings is 1. The van der Waals surface area contributed by atoms with Gasteiger partial charge in [-0.1, -0.05) is 11.6 Å². The van der Waals surface area contributed by atoms with Crippen molar-refractivity contribution in [3.63, 3.8) is 0 Å². The zero-order valence-corrected chi connectivity index (χ0v) is 28.3. The van der Waals surface area contributed by atoms with Crippen LogP contribution in [0.4, 0.5) is 18.0 Å². The van der Waals surface area contributed by atoms with Crippen LogP contribution >= 0.6 is 11.6 Å². The van der Waals surface area contributed by atoms with Crippen molar-refractivity contribution >= 4 is 33.6 Å². The SMILES string of the molecule is CC(C)(C)OC(=O)N1CCC(NS(=O)(=O)c2ccc(O[C@H]3c4cc(Cl)cc(C#N)c4C[C@@H]3N3CCN(C(=O)C(F)(F)F)CC3)cc2)CC1. The fraction of sp³-hybridized carbons (Fsp3) is 0.531. The van der Waals surface area contributed by atoms with Gasteiger partial charge in [0.1, 0.15) is 17.5 Å². The van der Waals surface area contributed by atoms with Crippen molar-refractivity contribution < 1.29 is 40.7 Å². The van der Waals surface area contributed by atoms with Crippen LogP contribution in [0, 0.1) is 11.3 Å². The molecular formula is C32H37ClF3N5O6S. The summed E-state index contributed by atoms with van der Waals surface area (Å²) in [5.74, 6) is -1.54. The largest absolute Gasteiger partial charge is 0.484 e. The van der Waals surface area contributed by atoms with Crippen molar-refractivity contribution in [2.24, 2.45) is 0 Å². The maximum Gasteiger partial charge on any atom is 0.471 e. The third-order valence-electron chi connectivity index (χ3n) is 8.62. The summed E-state index contributed by atoms with van der Waals surface area (Å²) in [6.07, 6.45) is -4.84. The number of piperidine rings is 1. The van der Waals surface area contributed by atoms with E-state index in [4.69, 9.17) is 21.1 Å². The van der Waals surface area contributed by atoms with E-state index < -0.39 is 39.9 Å². The van der Waals surface area contributed by atoms with Gasteiger partial charge in [0.2, 0.25) is 10.0 Å². The maximum atomic E-state index is 13.2. The molecule has 2 heterocycles. The van der Waals surface area contributed by atoms with Gasteiger partial charge in [-0.2, -0.15) is 18.4 Å². The standard InChI is InChI=1S/C32H37ClF3N5O6S/c1-31(2,3)47-30(43)41-10-8-22(9-11-41)38-48(44,45)24-6-4-23(5-7-24)46-28-26-17-21(33)16-20(19-37)25(26)18-27(28)39-12-14-40(15-13-39)29(42)32(34,35)36/h4-7,16-17,22,27-28,38H,8-15,18H2,1-3H3/t27-,28-/m0/s1. The Morgan fingerprint density at radius 1 is 0.979 bits per heavy atom. The number of amides is 2. The second-order valence-electron chi connectivity index (χ2n) is 13.1. The summed E-state index contributed by atoms with van der Waals surface area (Å²) in [7, 11) is -3.90. The molecule has 0 saturated carbocycles. The summed E-state index contributed by atoms with van der Waals surface area (Å²) in [5.41, 5.74) is 1.11. The minimum atomic E-state index is -4.95. The van der Waals surface area contributed by atoms with Gasteiger partial charge >= 0.3 is 18.2 Å². The number of fused-ring (bicyclic) bond motifs is 1. The molecule has 2 amide bonds. The smallest absolute Gasteiger partial charge is 0.471 e. The number of ether oxygens (including phenoxy) is 2. The first kappa shape index (κ1) is 35.7. The number of rotatable bonds is 6. The molecule has 11 nitrogen and oxygen atoms in total. The van der Waals surface area contributed by atoms with Gasteiger partial charge in [0.25, 0.3) is 0 Å². The van der Waals surface area contributed by atoms with Crippen LogP contribution in [0.25, 0.3) is 0 Å². The molecule has 48 heavy (non-hydrogen) atoms. The van der Waals surface area contributed by atoms with Crippen LogP contribution in [0.5, 0.6) is 5.75 Å². The molecule has 1 aliphatic carbocycles. The van der Waals surface area contributed by atoms with E-state index in [1.165, 1.54) is 24.3 Å². The number of sulfonamides is 1. The summed E-state index contributed by atoms with van der Waals surface area (Å²) in [6, 6.07) is 10.5. The minimum Gasteiger partial charge on any atom is -0.484 e. The van der Waals surface area contributed by atoms with Gasteiger partial charge < -0.3 is 19.3 Å². The van der Waals surface area contributed by atoms with Gasteiger partial charge in [-0.05, 0) is 87.6 Å². The van der Waals surface area contributed by atoms with Crippen molar-refractivity contribution in [3.8, 4) is 11.8 Å². The Bertz CT molecular complexity index is 1680. The van der Waals surface area contributed by atoms with Crippen LogP contribution in [0.1, 0.15) is 56.4 Å². The van der Waals surface area contributed by atoms with Gasteiger partial charge in [0.15, 0.2) is 0 Å². The molecule has 0 bridgehead atoms. The highest BCUT2D eigenvalue weighted by atomic mass is 35.5. The average molecular weight is 712 g/mol. The van der Waals surface area contributed by atoms with Crippen LogP contribution in [-0.2, 0) is 26.0 Å². The quantitative estimate of drug-likeness (QED) is 0.459. The number of nitriles is 1. The molecule has 2 aliphatic heterocycles. The van der Waals surface area contributed by atoms with Gasteiger partial charge in [0, 0.05) is 50.3 Å². The van der Waals surface area contributed by atoms with E-state index in [1.807, 2.05) is 4.90 Å². The van der Waals surface area contributed by atoms with E-state index in [-0.39, 0.29) is 43.2 Å². The molecule has 0 aromatic heterocycles. The van der Waals surface area contributed by atoms with E-state index in [2.05, 4.69) is 10.8 Å². The Kier molecular flexibility index (Phi) is 10.2. The summed E-state index contributed by atoms with van der Waals surface area (Å²) in [6.45, 7) is 6.13. The lowest BCUT2D eigenvalue weighted by atomic mass is 10.0. The number of likely N-dealkylation sites (tertiary alicyclic amines) is 1. The van der Waals surface area contributed by atoms with E-state index in [0.717, 1.165) is 4.90 Å². The van der Waals surface area contributed by atoms with Gasteiger partial charge in [-0.3, -0.25) is 9.69 Å². The first-order valence-electron chi connectivity index (χ1n) is 15.5. The van der Waals surface area contributed by atoms with Crippen LogP contribution < -0.4 is 9.46 Å². The molecule has 5 rings (SSSR count). The fourth-order valence-electron chi connectivity index (χ4n) is 6.30. The maximum absolute atomic E-state index is 13.2. The molecule has 3 aliphatic rings. The lowest BCUT2D eigenvalue weighted by Crippen LogP contribution is -2.55. The predicted molar refractivity (Wildman–Crippen MR) is 169 cm³/mol. The van der Waals surface area contributed by atoms with Crippen LogP contribution in [0.3, 0.4) is 0 Å². The molecule has 0 radical (unpaired) electrons. The molecule has 2 saturated heterocycles. The minimum absolute atomic E-state index is 0.0214. The first-order chi connectivity index (χ1) is 22.4. The third-order valence-corrected chi connectivity index (χ3v) is 10.4. The number of carbonyl (C=O) groups excluding carboxylic acids is 2. The van der Waals surface area contributed by atoms with Gasteiger partial charge in [0.05, 0.1) is 22.6 Å². The third kappa shape index (κ3) is 8.16. The number of hydrogen-bond acceptors (Lipinski definition) is 8. The van der Waals surface area contributed by atoms with E-state index in [0.29, 0.717) is 59.8 Å². The Labute approximate surface area is 282 Å². The number of halogens is 4. The van der Waals surface area contributed by atoms with Gasteiger partial charge in [-0.25, -0.2) is 17.9 Å². The number of benzene rings is 2. The fourth-order valence-corrected chi connectivity index (χ4v) is 7.83. The molecule has 2 atom stereocenters. The highest BCUT2D eigenvalue weighted by Crippen LogP contribution is 2.41. The highest BCUT2D eigenvalue weighted by Gasteiger charge is 2.45. The van der Waals surface area contributed by atoms with E-state index in [9.17, 15) is 36.4 Å². The average Bonchev–Trinajstić information content (AvgIpc) is 3.37. The van der Waals surface area contributed by atoms with Crippen molar-refractivity contribution in [2.45, 2.75) is 74.9 Å². The monoisotopic (exact) mass is 711 g/mol. The molecule has 2 fully saturated rings. The first-order valence-corrected chi connectivity index (χ1v) is 17.4. The molecule has 2 aromatic carbocycles. The van der Waals surface area contributed by atoms with Crippen LogP contribution in [0.15, 0.2) is 41.3 Å². The Balaban J connectivity index is 1.27. The Hall–Kier alpha value is -3.58. The lowest BCUT2D eigenvalue weighted by molar-refractivity contribution is -0.187.